The molecule has 32 heavy (non-hydrogen) atoms. The zero-order chi connectivity index (χ0) is 22.1. The van der Waals surface area contributed by atoms with Gasteiger partial charge in [-0.2, -0.15) is 0 Å². The van der Waals surface area contributed by atoms with Crippen molar-refractivity contribution in [1.29, 1.82) is 0 Å². The molecule has 164 valence electrons. The van der Waals surface area contributed by atoms with E-state index in [4.69, 9.17) is 4.74 Å². The van der Waals surface area contributed by atoms with E-state index < -0.39 is 5.41 Å². The molecule has 0 bridgehead atoms. The molecule has 2 fully saturated rings. The number of hydrogen-bond donors (Lipinski definition) is 0. The van der Waals surface area contributed by atoms with E-state index in [1.165, 1.54) is 12.1 Å². The number of carbonyl (C=O) groups excluding carboxylic acids is 2. The van der Waals surface area contributed by atoms with E-state index in [-0.39, 0.29) is 23.8 Å². The van der Waals surface area contributed by atoms with Crippen molar-refractivity contribution in [2.75, 3.05) is 13.1 Å². The Hall–Kier alpha value is -3.48. The summed E-state index contributed by atoms with van der Waals surface area (Å²) in [4.78, 5) is 31.7. The summed E-state index contributed by atoms with van der Waals surface area (Å²) in [7, 11) is 0. The first-order valence-electron chi connectivity index (χ1n) is 10.8. The fourth-order valence-electron chi connectivity index (χ4n) is 4.80. The molecular weight excluding hydrogens is 409 g/mol. The predicted octanol–water partition coefficient (Wildman–Crippen LogP) is 3.93. The summed E-state index contributed by atoms with van der Waals surface area (Å²) < 4.78 is 21.2. The lowest BCUT2D eigenvalue weighted by atomic mass is 9.76. The maximum atomic E-state index is 13.6. The summed E-state index contributed by atoms with van der Waals surface area (Å²) in [5, 5.41) is 0. The number of aromatic nitrogens is 2. The molecule has 1 amide bonds. The fraction of sp³-hybridized carbons (Fsp3) is 0.320. The lowest BCUT2D eigenvalue weighted by Gasteiger charge is -2.36. The van der Waals surface area contributed by atoms with E-state index in [1.54, 1.807) is 35.6 Å². The molecule has 0 saturated carbocycles. The first kappa shape index (κ1) is 20.4. The Morgan fingerprint density at radius 3 is 2.59 bits per heavy atom. The number of nitrogens with zero attached hydrogens (tertiary/aromatic N) is 3. The van der Waals surface area contributed by atoms with Gasteiger partial charge in [-0.25, -0.2) is 9.37 Å². The Bertz CT molecular complexity index is 1140. The monoisotopic (exact) mass is 433 g/mol. The number of esters is 1. The summed E-state index contributed by atoms with van der Waals surface area (Å²) in [6.45, 7) is 1.62. The first-order chi connectivity index (χ1) is 15.5. The van der Waals surface area contributed by atoms with E-state index in [0.29, 0.717) is 44.5 Å². The molecule has 1 atom stereocenters. The zero-order valence-corrected chi connectivity index (χ0v) is 17.6. The van der Waals surface area contributed by atoms with Crippen LogP contribution in [0.3, 0.4) is 0 Å². The largest absolute Gasteiger partial charge is 0.460 e. The summed E-state index contributed by atoms with van der Waals surface area (Å²) in [6.07, 6.45) is 6.99. The van der Waals surface area contributed by atoms with Crippen LogP contribution in [0, 0.1) is 11.2 Å². The molecule has 1 unspecified atom stereocenters. The Morgan fingerprint density at radius 2 is 1.88 bits per heavy atom. The van der Waals surface area contributed by atoms with Crippen LogP contribution in [0.1, 0.15) is 29.6 Å². The summed E-state index contributed by atoms with van der Waals surface area (Å²) in [5.74, 6) is -0.530. The van der Waals surface area contributed by atoms with Crippen molar-refractivity contribution in [2.24, 2.45) is 5.41 Å². The minimum absolute atomic E-state index is 0.0700. The van der Waals surface area contributed by atoms with Crippen molar-refractivity contribution in [1.82, 2.24) is 14.5 Å². The molecule has 0 radical (unpaired) electrons. The third-order valence-corrected chi connectivity index (χ3v) is 6.57. The maximum absolute atomic E-state index is 13.6. The van der Waals surface area contributed by atoms with Crippen LogP contribution in [-0.2, 0) is 16.1 Å². The number of rotatable bonds is 4. The molecule has 2 saturated heterocycles. The second kappa shape index (κ2) is 8.22. The highest BCUT2D eigenvalue weighted by Gasteiger charge is 2.50. The van der Waals surface area contributed by atoms with Gasteiger partial charge in [0.2, 0.25) is 0 Å². The topological polar surface area (TPSA) is 64.4 Å². The highest BCUT2D eigenvalue weighted by atomic mass is 19.1. The molecule has 1 spiro atoms. The summed E-state index contributed by atoms with van der Waals surface area (Å²) >= 11 is 0. The van der Waals surface area contributed by atoms with Crippen LogP contribution in [0.4, 0.5) is 4.39 Å². The quantitative estimate of drug-likeness (QED) is 0.585. The van der Waals surface area contributed by atoms with Crippen molar-refractivity contribution in [3.05, 3.63) is 78.6 Å². The van der Waals surface area contributed by atoms with Gasteiger partial charge in [0.05, 0.1) is 18.3 Å². The van der Waals surface area contributed by atoms with E-state index >= 15 is 0 Å². The molecule has 6 nitrogen and oxygen atoms in total. The second-order valence-corrected chi connectivity index (χ2v) is 8.65. The van der Waals surface area contributed by atoms with Crippen LogP contribution in [-0.4, -0.2) is 45.5 Å². The minimum atomic E-state index is -0.508. The third kappa shape index (κ3) is 3.90. The van der Waals surface area contributed by atoms with Gasteiger partial charge in [0.25, 0.3) is 5.91 Å². The Kier molecular flexibility index (Phi) is 5.25. The molecular formula is C25H24FN3O3. The van der Waals surface area contributed by atoms with E-state index in [1.807, 2.05) is 29.0 Å². The normalized spacial score (nSPS) is 19.8. The number of benzene rings is 2. The van der Waals surface area contributed by atoms with E-state index in [2.05, 4.69) is 4.98 Å². The molecule has 3 heterocycles. The van der Waals surface area contributed by atoms with Crippen LogP contribution < -0.4 is 0 Å². The van der Waals surface area contributed by atoms with Gasteiger partial charge in [0.15, 0.2) is 0 Å². The number of carbonyl (C=O) groups is 2. The number of amides is 1. The highest BCUT2D eigenvalue weighted by molar-refractivity contribution is 5.95. The van der Waals surface area contributed by atoms with Crippen molar-refractivity contribution in [3.8, 4) is 11.1 Å². The average molecular weight is 433 g/mol. The standard InChI is InChI=1S/C25H24FN3O3/c26-21-6-2-4-19(14-21)18-3-1-5-20(13-18)23(30)29-10-7-25(8-11-29)15-22(32-24(25)31)16-28-12-9-27-17-28/h1-6,9,12-14,17,22H,7-8,10-11,15-16H2. The van der Waals surface area contributed by atoms with Gasteiger partial charge in [0, 0.05) is 37.5 Å². The summed E-state index contributed by atoms with van der Waals surface area (Å²) in [6, 6.07) is 13.6. The number of hydrogen-bond acceptors (Lipinski definition) is 4. The average Bonchev–Trinajstić information content (AvgIpc) is 3.42. The number of cyclic esters (lactones) is 1. The minimum Gasteiger partial charge on any atom is -0.460 e. The number of imidazole rings is 1. The lowest BCUT2D eigenvalue weighted by Crippen LogP contribution is -2.45. The fourth-order valence-corrected chi connectivity index (χ4v) is 4.80. The maximum Gasteiger partial charge on any atom is 0.312 e. The molecule has 2 aromatic carbocycles. The third-order valence-electron chi connectivity index (χ3n) is 6.57. The first-order valence-corrected chi connectivity index (χ1v) is 10.8. The zero-order valence-electron chi connectivity index (χ0n) is 17.6. The molecule has 2 aliphatic heterocycles. The predicted molar refractivity (Wildman–Crippen MR) is 116 cm³/mol. The van der Waals surface area contributed by atoms with E-state index in [0.717, 1.165) is 11.1 Å². The van der Waals surface area contributed by atoms with Crippen LogP contribution in [0.2, 0.25) is 0 Å². The summed E-state index contributed by atoms with van der Waals surface area (Å²) in [5.41, 5.74) is 1.58. The van der Waals surface area contributed by atoms with Crippen LogP contribution in [0.5, 0.6) is 0 Å². The molecule has 0 aliphatic carbocycles. The van der Waals surface area contributed by atoms with Gasteiger partial charge >= 0.3 is 5.97 Å². The highest BCUT2D eigenvalue weighted by Crippen LogP contribution is 2.43. The smallest absolute Gasteiger partial charge is 0.312 e. The van der Waals surface area contributed by atoms with Crippen molar-refractivity contribution in [2.45, 2.75) is 31.9 Å². The Labute approximate surface area is 185 Å². The molecule has 0 N–H and O–H groups in total. The van der Waals surface area contributed by atoms with Crippen LogP contribution in [0.15, 0.2) is 67.3 Å². The molecule has 5 rings (SSSR count). The SMILES string of the molecule is O=C(c1cccc(-c2cccc(F)c2)c1)N1CCC2(CC1)CC(Cn1ccnc1)OC2=O. The van der Waals surface area contributed by atoms with Crippen LogP contribution >= 0.6 is 0 Å². The van der Waals surface area contributed by atoms with Crippen LogP contribution in [0.25, 0.3) is 11.1 Å². The second-order valence-electron chi connectivity index (χ2n) is 8.65. The van der Waals surface area contributed by atoms with Crippen molar-refractivity contribution < 1.29 is 18.7 Å². The number of ether oxygens (including phenoxy) is 1. The van der Waals surface area contributed by atoms with Gasteiger partial charge in [0.1, 0.15) is 11.9 Å². The van der Waals surface area contributed by atoms with Gasteiger partial charge in [-0.05, 0) is 48.2 Å². The molecule has 3 aromatic rings. The molecule has 2 aliphatic rings. The lowest BCUT2D eigenvalue weighted by molar-refractivity contribution is -0.150. The van der Waals surface area contributed by atoms with Gasteiger partial charge in [-0.1, -0.05) is 24.3 Å². The Morgan fingerprint density at radius 1 is 1.12 bits per heavy atom. The van der Waals surface area contributed by atoms with E-state index in [9.17, 15) is 14.0 Å². The van der Waals surface area contributed by atoms with Crippen molar-refractivity contribution in [3.63, 3.8) is 0 Å². The van der Waals surface area contributed by atoms with Gasteiger partial charge < -0.3 is 14.2 Å². The Balaban J connectivity index is 1.25. The number of piperidine rings is 1. The number of likely N-dealkylation sites (tertiary alicyclic amines) is 1. The van der Waals surface area contributed by atoms with Gasteiger partial charge in [-0.3, -0.25) is 9.59 Å². The number of halogens is 1. The molecule has 1 aromatic heterocycles. The molecule has 7 heteroatoms. The van der Waals surface area contributed by atoms with Crippen molar-refractivity contribution >= 4 is 11.9 Å². The van der Waals surface area contributed by atoms with Gasteiger partial charge in [-0.15, -0.1) is 0 Å².